The van der Waals surface area contributed by atoms with Crippen molar-refractivity contribution in [1.29, 1.82) is 0 Å². The normalized spacial score (nSPS) is 14.0. The molecular weight excluding hydrogens is 369 g/mol. The van der Waals surface area contributed by atoms with E-state index < -0.39 is 21.8 Å². The maximum atomic E-state index is 13.1. The van der Waals surface area contributed by atoms with Crippen LogP contribution in [0, 0.1) is 5.82 Å². The summed E-state index contributed by atoms with van der Waals surface area (Å²) in [5, 5.41) is 9.29. The van der Waals surface area contributed by atoms with Gasteiger partial charge in [0.2, 0.25) is 0 Å². The minimum atomic E-state index is -4.16. The number of aryl methyl sites for hydroxylation is 1. The zero-order valence-corrected chi connectivity index (χ0v) is 14.6. The molecule has 0 bridgehead atoms. The molecule has 0 fully saturated rings. The quantitative estimate of drug-likeness (QED) is 0.839. The highest BCUT2D eigenvalue weighted by Crippen LogP contribution is 2.32. The molecule has 3 rings (SSSR count). The summed E-state index contributed by atoms with van der Waals surface area (Å²) >= 11 is 5.82. The van der Waals surface area contributed by atoms with Crippen molar-refractivity contribution < 1.29 is 22.7 Å². The number of nitrogens with one attached hydrogen (secondary N) is 1. The first-order chi connectivity index (χ1) is 11.8. The van der Waals surface area contributed by atoms with Gasteiger partial charge in [0.1, 0.15) is 10.7 Å². The molecule has 1 aliphatic rings. The standard InChI is InChI=1S/C17H15ClFNO4S/c18-13-9-11(19)6-8-15(13)25(23,24)20-14-7-5-10-3-1-2-4-12(10)16(14)17(21)22/h5-9,20H,1-4H2,(H,21,22). The number of carbonyl (C=O) groups is 1. The van der Waals surface area contributed by atoms with E-state index in [1.807, 2.05) is 0 Å². The van der Waals surface area contributed by atoms with Gasteiger partial charge in [-0.3, -0.25) is 4.72 Å². The Bertz CT molecular complexity index is 959. The maximum absolute atomic E-state index is 13.1. The minimum absolute atomic E-state index is 0.0199. The highest BCUT2D eigenvalue weighted by atomic mass is 35.5. The summed E-state index contributed by atoms with van der Waals surface area (Å²) in [4.78, 5) is 11.4. The first-order valence-corrected chi connectivity index (χ1v) is 9.51. The van der Waals surface area contributed by atoms with E-state index in [1.54, 1.807) is 6.07 Å². The van der Waals surface area contributed by atoms with Crippen molar-refractivity contribution in [2.75, 3.05) is 4.72 Å². The van der Waals surface area contributed by atoms with Gasteiger partial charge in [0.15, 0.2) is 0 Å². The van der Waals surface area contributed by atoms with E-state index in [9.17, 15) is 22.7 Å². The molecule has 0 saturated heterocycles. The van der Waals surface area contributed by atoms with E-state index in [0.29, 0.717) is 12.0 Å². The Morgan fingerprint density at radius 2 is 1.88 bits per heavy atom. The van der Waals surface area contributed by atoms with Gasteiger partial charge < -0.3 is 5.11 Å². The molecule has 0 radical (unpaired) electrons. The Labute approximate surface area is 149 Å². The summed E-state index contributed by atoms with van der Waals surface area (Å²) in [6, 6.07) is 6.10. The number of hydrogen-bond donors (Lipinski definition) is 2. The van der Waals surface area contributed by atoms with Crippen LogP contribution in [-0.4, -0.2) is 19.5 Å². The van der Waals surface area contributed by atoms with Crippen molar-refractivity contribution in [1.82, 2.24) is 0 Å². The number of aromatic carboxylic acids is 1. The molecule has 2 N–H and O–H groups in total. The van der Waals surface area contributed by atoms with Crippen LogP contribution in [0.2, 0.25) is 5.02 Å². The molecular formula is C17H15ClFNO4S. The van der Waals surface area contributed by atoms with Crippen molar-refractivity contribution >= 4 is 33.3 Å². The first-order valence-electron chi connectivity index (χ1n) is 7.65. The summed E-state index contributed by atoms with van der Waals surface area (Å²) in [6.45, 7) is 0. The maximum Gasteiger partial charge on any atom is 0.338 e. The lowest BCUT2D eigenvalue weighted by Gasteiger charge is -2.21. The minimum Gasteiger partial charge on any atom is -0.478 e. The van der Waals surface area contributed by atoms with Gasteiger partial charge in [0, 0.05) is 0 Å². The zero-order chi connectivity index (χ0) is 18.2. The lowest BCUT2D eigenvalue weighted by atomic mass is 9.87. The molecule has 0 heterocycles. The highest BCUT2D eigenvalue weighted by molar-refractivity contribution is 7.92. The molecule has 1 aliphatic carbocycles. The summed E-state index contributed by atoms with van der Waals surface area (Å²) in [5.41, 5.74) is 1.52. The van der Waals surface area contributed by atoms with Gasteiger partial charge in [-0.2, -0.15) is 0 Å². The van der Waals surface area contributed by atoms with Crippen molar-refractivity contribution in [2.24, 2.45) is 0 Å². The van der Waals surface area contributed by atoms with Gasteiger partial charge in [0.25, 0.3) is 10.0 Å². The Morgan fingerprint density at radius 1 is 1.16 bits per heavy atom. The summed E-state index contributed by atoms with van der Waals surface area (Å²) in [7, 11) is -4.16. The lowest BCUT2D eigenvalue weighted by Crippen LogP contribution is -2.19. The topological polar surface area (TPSA) is 83.5 Å². The summed E-state index contributed by atoms with van der Waals surface area (Å²) < 4.78 is 40.6. The molecule has 25 heavy (non-hydrogen) atoms. The smallest absolute Gasteiger partial charge is 0.338 e. The number of carboxylic acids is 1. The zero-order valence-electron chi connectivity index (χ0n) is 13.1. The van der Waals surface area contributed by atoms with E-state index >= 15 is 0 Å². The first kappa shape index (κ1) is 17.7. The van der Waals surface area contributed by atoms with Crippen molar-refractivity contribution in [3.63, 3.8) is 0 Å². The third-order valence-corrected chi connectivity index (χ3v) is 6.02. The van der Waals surface area contributed by atoms with Crippen LogP contribution in [-0.2, 0) is 22.9 Å². The fourth-order valence-electron chi connectivity index (χ4n) is 3.05. The second kappa shape index (κ2) is 6.65. The van der Waals surface area contributed by atoms with Crippen LogP contribution in [0.25, 0.3) is 0 Å². The van der Waals surface area contributed by atoms with Gasteiger partial charge >= 0.3 is 5.97 Å². The van der Waals surface area contributed by atoms with Gasteiger partial charge in [-0.05, 0) is 61.1 Å². The largest absolute Gasteiger partial charge is 0.478 e. The van der Waals surface area contributed by atoms with Crippen LogP contribution in [0.15, 0.2) is 35.2 Å². The molecule has 2 aromatic rings. The molecule has 132 valence electrons. The monoisotopic (exact) mass is 383 g/mol. The van der Waals surface area contributed by atoms with E-state index in [2.05, 4.69) is 4.72 Å². The Kier molecular flexibility index (Phi) is 4.71. The molecule has 8 heteroatoms. The molecule has 0 atom stereocenters. The van der Waals surface area contributed by atoms with E-state index in [-0.39, 0.29) is 21.2 Å². The summed E-state index contributed by atoms with van der Waals surface area (Å²) in [6.07, 6.45) is 3.19. The molecule has 0 amide bonds. The average Bonchev–Trinajstić information content (AvgIpc) is 2.53. The van der Waals surface area contributed by atoms with Gasteiger partial charge in [-0.15, -0.1) is 0 Å². The Morgan fingerprint density at radius 3 is 2.56 bits per heavy atom. The lowest BCUT2D eigenvalue weighted by molar-refractivity contribution is 0.0696. The highest BCUT2D eigenvalue weighted by Gasteiger charge is 2.25. The van der Waals surface area contributed by atoms with Crippen LogP contribution in [0.4, 0.5) is 10.1 Å². The number of rotatable bonds is 4. The molecule has 0 aliphatic heterocycles. The fraction of sp³-hybridized carbons (Fsp3) is 0.235. The number of benzene rings is 2. The summed E-state index contributed by atoms with van der Waals surface area (Å²) in [5.74, 6) is -1.86. The third-order valence-electron chi connectivity index (χ3n) is 4.17. The SMILES string of the molecule is O=C(O)c1c(NS(=O)(=O)c2ccc(F)cc2Cl)ccc2c1CCCC2. The average molecular weight is 384 g/mol. The second-order valence-corrected chi connectivity index (χ2v) is 7.88. The number of fused-ring (bicyclic) bond motifs is 1. The Hall–Kier alpha value is -2.12. The van der Waals surface area contributed by atoms with E-state index in [1.165, 1.54) is 6.07 Å². The molecule has 0 aromatic heterocycles. The predicted molar refractivity (Wildman–Crippen MR) is 92.3 cm³/mol. The van der Waals surface area contributed by atoms with Gasteiger partial charge in [-0.25, -0.2) is 17.6 Å². The van der Waals surface area contributed by atoms with Crippen LogP contribution >= 0.6 is 11.6 Å². The molecule has 0 saturated carbocycles. The number of anilines is 1. The number of hydrogen-bond acceptors (Lipinski definition) is 3. The number of halogens is 2. The predicted octanol–water partition coefficient (Wildman–Crippen LogP) is 3.86. The fourth-order valence-corrected chi connectivity index (χ4v) is 4.65. The van der Waals surface area contributed by atoms with Crippen molar-refractivity contribution in [3.05, 3.63) is 57.9 Å². The van der Waals surface area contributed by atoms with Crippen molar-refractivity contribution in [3.8, 4) is 0 Å². The van der Waals surface area contributed by atoms with Gasteiger partial charge in [0.05, 0.1) is 16.3 Å². The molecule has 0 unspecified atom stereocenters. The van der Waals surface area contributed by atoms with Crippen LogP contribution in [0.3, 0.4) is 0 Å². The number of carboxylic acid groups (broad SMARTS) is 1. The van der Waals surface area contributed by atoms with Crippen molar-refractivity contribution in [2.45, 2.75) is 30.6 Å². The molecule has 2 aromatic carbocycles. The van der Waals surface area contributed by atoms with Crippen LogP contribution < -0.4 is 4.72 Å². The van der Waals surface area contributed by atoms with E-state index in [0.717, 1.165) is 43.0 Å². The molecule has 5 nitrogen and oxygen atoms in total. The van der Waals surface area contributed by atoms with Crippen LogP contribution in [0.1, 0.15) is 34.3 Å². The molecule has 0 spiro atoms. The van der Waals surface area contributed by atoms with Crippen LogP contribution in [0.5, 0.6) is 0 Å². The third kappa shape index (κ3) is 3.48. The van der Waals surface area contributed by atoms with E-state index in [4.69, 9.17) is 11.6 Å². The number of sulfonamides is 1. The Balaban J connectivity index is 2.07. The second-order valence-electron chi connectivity index (χ2n) is 5.82. The van der Waals surface area contributed by atoms with Gasteiger partial charge in [-0.1, -0.05) is 17.7 Å².